The van der Waals surface area contributed by atoms with Crippen LogP contribution >= 0.6 is 22.9 Å². The van der Waals surface area contributed by atoms with Crippen molar-refractivity contribution >= 4 is 38.9 Å². The number of carbonyl (C=O) groups is 1. The summed E-state index contributed by atoms with van der Waals surface area (Å²) in [6, 6.07) is 6.29. The molecule has 2 rings (SSSR count). The summed E-state index contributed by atoms with van der Waals surface area (Å²) in [6.45, 7) is 3.88. The second-order valence-electron chi connectivity index (χ2n) is 4.79. The minimum absolute atomic E-state index is 0.161. The van der Waals surface area contributed by atoms with Gasteiger partial charge in [0.25, 0.3) is 5.91 Å². The Labute approximate surface area is 120 Å². The average Bonchev–Trinajstić information content (AvgIpc) is 2.81. The summed E-state index contributed by atoms with van der Waals surface area (Å²) in [7, 11) is 0. The number of thiophene rings is 1. The van der Waals surface area contributed by atoms with E-state index in [1.165, 1.54) is 23.5 Å². The molecule has 0 saturated carbocycles. The molecule has 1 N–H and O–H groups in total. The van der Waals surface area contributed by atoms with Gasteiger partial charge in [-0.05, 0) is 36.9 Å². The molecule has 0 saturated heterocycles. The first-order chi connectivity index (χ1) is 8.97. The number of alkyl halides is 1. The fourth-order valence-electron chi connectivity index (χ4n) is 1.67. The van der Waals surface area contributed by atoms with Crippen LogP contribution < -0.4 is 5.32 Å². The van der Waals surface area contributed by atoms with Crippen LogP contribution in [-0.2, 0) is 0 Å². The lowest BCUT2D eigenvalue weighted by atomic mass is 10.0. The number of nitrogens with one attached hydrogen (secondary N) is 1. The maximum atomic E-state index is 13.1. The van der Waals surface area contributed by atoms with Gasteiger partial charge in [-0.2, -0.15) is 0 Å². The van der Waals surface area contributed by atoms with E-state index < -0.39 is 5.54 Å². The summed E-state index contributed by atoms with van der Waals surface area (Å²) < 4.78 is 13.9. The molecule has 0 fully saturated rings. The topological polar surface area (TPSA) is 29.1 Å². The fraction of sp³-hybridized carbons (Fsp3) is 0.357. The van der Waals surface area contributed by atoms with E-state index in [-0.39, 0.29) is 11.7 Å². The van der Waals surface area contributed by atoms with E-state index in [1.807, 2.05) is 13.8 Å². The van der Waals surface area contributed by atoms with Gasteiger partial charge in [0.1, 0.15) is 5.82 Å². The van der Waals surface area contributed by atoms with Crippen LogP contribution in [0.3, 0.4) is 0 Å². The Kier molecular flexibility index (Phi) is 4.11. The third-order valence-electron chi connectivity index (χ3n) is 3.20. The zero-order valence-electron chi connectivity index (χ0n) is 10.8. The zero-order valence-corrected chi connectivity index (χ0v) is 12.4. The van der Waals surface area contributed by atoms with E-state index in [2.05, 4.69) is 5.32 Å². The molecule has 0 aliphatic rings. The van der Waals surface area contributed by atoms with E-state index in [0.29, 0.717) is 10.8 Å². The number of rotatable bonds is 4. The van der Waals surface area contributed by atoms with Gasteiger partial charge in [0.15, 0.2) is 0 Å². The van der Waals surface area contributed by atoms with Gasteiger partial charge < -0.3 is 5.32 Å². The Morgan fingerprint density at radius 2 is 2.21 bits per heavy atom. The Bertz CT molecular complexity index is 607. The highest BCUT2D eigenvalue weighted by molar-refractivity contribution is 7.20. The Balaban J connectivity index is 2.27. The van der Waals surface area contributed by atoms with Crippen LogP contribution in [0.2, 0.25) is 0 Å². The van der Waals surface area contributed by atoms with Crippen LogP contribution in [0, 0.1) is 5.82 Å². The van der Waals surface area contributed by atoms with Crippen LogP contribution in [0.4, 0.5) is 4.39 Å². The molecular formula is C14H15ClFNOS. The van der Waals surface area contributed by atoms with Gasteiger partial charge in [-0.15, -0.1) is 22.9 Å². The second kappa shape index (κ2) is 5.47. The largest absolute Gasteiger partial charge is 0.345 e. The van der Waals surface area contributed by atoms with Crippen molar-refractivity contribution in [1.82, 2.24) is 5.32 Å². The molecule has 2 aromatic rings. The second-order valence-corrected chi connectivity index (χ2v) is 6.15. The average molecular weight is 300 g/mol. The summed E-state index contributed by atoms with van der Waals surface area (Å²) in [5, 5.41) is 3.81. The molecule has 0 aliphatic carbocycles. The first-order valence-corrected chi connectivity index (χ1v) is 7.40. The Morgan fingerprint density at radius 3 is 2.84 bits per heavy atom. The van der Waals surface area contributed by atoms with Gasteiger partial charge in [-0.25, -0.2) is 4.39 Å². The lowest BCUT2D eigenvalue weighted by Gasteiger charge is -2.26. The Morgan fingerprint density at radius 1 is 1.47 bits per heavy atom. The molecule has 5 heteroatoms. The van der Waals surface area contributed by atoms with Gasteiger partial charge in [-0.1, -0.05) is 13.0 Å². The monoisotopic (exact) mass is 299 g/mol. The molecule has 1 heterocycles. The number of carbonyl (C=O) groups excluding carboxylic acids is 1. The van der Waals surface area contributed by atoms with Crippen molar-refractivity contribution in [2.24, 2.45) is 0 Å². The van der Waals surface area contributed by atoms with Gasteiger partial charge in [0, 0.05) is 10.6 Å². The molecule has 1 unspecified atom stereocenters. The quantitative estimate of drug-likeness (QED) is 0.843. The third-order valence-corrected chi connectivity index (χ3v) is 4.88. The van der Waals surface area contributed by atoms with E-state index in [0.717, 1.165) is 16.5 Å². The zero-order chi connectivity index (χ0) is 14.0. The van der Waals surface area contributed by atoms with Crippen LogP contribution in [0.25, 0.3) is 10.1 Å². The molecule has 1 amide bonds. The third kappa shape index (κ3) is 3.07. The van der Waals surface area contributed by atoms with Crippen molar-refractivity contribution in [3.8, 4) is 0 Å². The normalized spacial score (nSPS) is 14.3. The fourth-order valence-corrected chi connectivity index (χ4v) is 2.91. The summed E-state index contributed by atoms with van der Waals surface area (Å²) in [5.41, 5.74) is -0.417. The molecule has 1 aromatic carbocycles. The molecule has 1 atom stereocenters. The lowest BCUT2D eigenvalue weighted by molar-refractivity contribution is 0.0916. The van der Waals surface area contributed by atoms with E-state index in [4.69, 9.17) is 11.6 Å². The predicted molar refractivity (Wildman–Crippen MR) is 78.7 cm³/mol. The van der Waals surface area contributed by atoms with E-state index >= 15 is 0 Å². The highest BCUT2D eigenvalue weighted by Gasteiger charge is 2.24. The number of benzene rings is 1. The van der Waals surface area contributed by atoms with Crippen LogP contribution in [0.5, 0.6) is 0 Å². The van der Waals surface area contributed by atoms with E-state index in [1.54, 1.807) is 12.1 Å². The lowest BCUT2D eigenvalue weighted by Crippen LogP contribution is -2.46. The maximum absolute atomic E-state index is 13.1. The predicted octanol–water partition coefficient (Wildman–Crippen LogP) is 4.18. The number of fused-ring (bicyclic) bond motifs is 1. The molecule has 19 heavy (non-hydrogen) atoms. The SMILES string of the molecule is CCC(C)(CCl)NC(=O)c1cc2ccc(F)cc2s1. The molecule has 0 radical (unpaired) electrons. The first kappa shape index (κ1) is 14.3. The summed E-state index contributed by atoms with van der Waals surface area (Å²) in [5.74, 6) is -0.0959. The van der Waals surface area contributed by atoms with Crippen LogP contribution in [0.1, 0.15) is 29.9 Å². The van der Waals surface area contributed by atoms with Gasteiger partial charge in [0.05, 0.1) is 10.4 Å². The summed E-state index contributed by atoms with van der Waals surface area (Å²) >= 11 is 7.17. The van der Waals surface area contributed by atoms with Crippen molar-refractivity contribution in [1.29, 1.82) is 0 Å². The molecule has 102 valence electrons. The molecule has 1 aromatic heterocycles. The minimum atomic E-state index is -0.417. The highest BCUT2D eigenvalue weighted by Crippen LogP contribution is 2.27. The van der Waals surface area contributed by atoms with Gasteiger partial charge >= 0.3 is 0 Å². The Hall–Kier alpha value is -1.13. The van der Waals surface area contributed by atoms with Crippen molar-refractivity contribution < 1.29 is 9.18 Å². The highest BCUT2D eigenvalue weighted by atomic mass is 35.5. The van der Waals surface area contributed by atoms with E-state index in [9.17, 15) is 9.18 Å². The summed E-state index contributed by atoms with van der Waals surface area (Å²) in [4.78, 5) is 12.8. The van der Waals surface area contributed by atoms with Crippen LogP contribution in [0.15, 0.2) is 24.3 Å². The van der Waals surface area contributed by atoms with Crippen LogP contribution in [-0.4, -0.2) is 17.3 Å². The molecule has 0 bridgehead atoms. The number of amides is 1. The van der Waals surface area contributed by atoms with Gasteiger partial charge in [-0.3, -0.25) is 4.79 Å². The molecule has 2 nitrogen and oxygen atoms in total. The van der Waals surface area contributed by atoms with Gasteiger partial charge in [0.2, 0.25) is 0 Å². The number of hydrogen-bond donors (Lipinski definition) is 1. The first-order valence-electron chi connectivity index (χ1n) is 6.05. The maximum Gasteiger partial charge on any atom is 0.261 e. The molecule has 0 spiro atoms. The van der Waals surface area contributed by atoms with Crippen molar-refractivity contribution in [2.75, 3.05) is 5.88 Å². The minimum Gasteiger partial charge on any atom is -0.345 e. The van der Waals surface area contributed by atoms with Crippen molar-refractivity contribution in [3.05, 3.63) is 35.0 Å². The standard InChI is InChI=1S/C14H15ClFNOS/c1-3-14(2,8-15)17-13(18)12-6-9-4-5-10(16)7-11(9)19-12/h4-7H,3,8H2,1-2H3,(H,17,18). The molecule has 0 aliphatic heterocycles. The van der Waals surface area contributed by atoms with Crippen molar-refractivity contribution in [2.45, 2.75) is 25.8 Å². The number of halogens is 2. The summed E-state index contributed by atoms with van der Waals surface area (Å²) in [6.07, 6.45) is 0.752. The smallest absolute Gasteiger partial charge is 0.261 e. The number of hydrogen-bond acceptors (Lipinski definition) is 2. The molecular weight excluding hydrogens is 285 g/mol. The van der Waals surface area contributed by atoms with Crippen molar-refractivity contribution in [3.63, 3.8) is 0 Å².